The van der Waals surface area contributed by atoms with Crippen molar-refractivity contribution in [3.05, 3.63) is 513 Å². The molecule has 0 aliphatic heterocycles. The standard InChI is InChI=1S/2C48H34N4.C41H29N3/c1-48(2)41-24-13-12-23-37(41)38-26-27-39-40-30-34(31-15-6-3-7-16-31)25-28-42(40)52(44(39)43(38)48)36-22-14-21-35(29-36)47-50-45(32-17-8-4-9-18-32)49-46(51-47)33-19-10-5-11-20-33;1-48(2)41-22-11-9-20-37(41)39-28-29-40-38-21-10-12-23-42(38)52(44(40)43(39)48)36-19-13-18-35(30-36)47-50-45(33-16-7-4-8-17-33)49-46(51-47)34-26-24-32(25-27-34)31-14-5-3-6-15-31;1-41(2)34-17-9-6-14-29(34)31-24-25-32-30-15-8-11-19-36(30)44(39(32)37(31)41)40-42-35-18-10-7-16-33(35)38(43-40)28-22-20-27(21-23-28)26-12-4-3-5-13-26/h2*3-30H,1-2H3;3-25H,1-2H3. The number of rotatable bonds is 13. The molecule has 11 heteroatoms. The molecule has 0 saturated heterocycles. The molecule has 3 aliphatic rings. The van der Waals surface area contributed by atoms with Gasteiger partial charge in [-0.25, -0.2) is 39.9 Å². The van der Waals surface area contributed by atoms with E-state index in [0.717, 1.165) is 83.5 Å². The first-order valence-corrected chi connectivity index (χ1v) is 50.8. The summed E-state index contributed by atoms with van der Waals surface area (Å²) in [6.45, 7) is 14.1. The fraction of sp³-hybridized carbons (Fsp3) is 0.0657. The van der Waals surface area contributed by atoms with Crippen LogP contribution < -0.4 is 0 Å². The van der Waals surface area contributed by atoms with Gasteiger partial charge < -0.3 is 9.13 Å². The van der Waals surface area contributed by atoms with E-state index in [2.05, 4.69) is 450 Å². The lowest BCUT2D eigenvalue weighted by Gasteiger charge is -2.23. The van der Waals surface area contributed by atoms with Gasteiger partial charge in [-0.15, -0.1) is 0 Å². The summed E-state index contributed by atoms with van der Waals surface area (Å²) in [6.07, 6.45) is 0. The molecule has 0 spiro atoms. The predicted molar refractivity (Wildman–Crippen MR) is 609 cm³/mol. The van der Waals surface area contributed by atoms with E-state index in [9.17, 15) is 0 Å². The molecule has 0 bridgehead atoms. The lowest BCUT2D eigenvalue weighted by atomic mass is 9.81. The average molecular weight is 1900 g/mol. The highest BCUT2D eigenvalue weighted by atomic mass is 15.2. The second-order valence-electron chi connectivity index (χ2n) is 40.4. The molecular formula is C137H97N11. The van der Waals surface area contributed by atoms with Crippen LogP contribution in [-0.4, -0.2) is 53.6 Å². The van der Waals surface area contributed by atoms with E-state index in [0.29, 0.717) is 40.9 Å². The lowest BCUT2D eigenvalue weighted by molar-refractivity contribution is 0.663. The third-order valence-corrected chi connectivity index (χ3v) is 30.7. The van der Waals surface area contributed by atoms with Gasteiger partial charge in [0.1, 0.15) is 0 Å². The molecule has 0 saturated carbocycles. The maximum Gasteiger partial charge on any atom is 0.235 e. The van der Waals surface area contributed by atoms with Crippen molar-refractivity contribution < 1.29 is 0 Å². The highest BCUT2D eigenvalue weighted by Gasteiger charge is 2.43. The van der Waals surface area contributed by atoms with Crippen LogP contribution in [0.5, 0.6) is 0 Å². The minimum atomic E-state index is -0.194. The van der Waals surface area contributed by atoms with E-state index in [1.54, 1.807) is 0 Å². The van der Waals surface area contributed by atoms with E-state index < -0.39 is 0 Å². The number of hydrogen-bond donors (Lipinski definition) is 0. The van der Waals surface area contributed by atoms with Gasteiger partial charge in [-0.3, -0.25) is 4.57 Å². The predicted octanol–water partition coefficient (Wildman–Crippen LogP) is 34.3. The number of aromatic nitrogens is 11. The van der Waals surface area contributed by atoms with Gasteiger partial charge >= 0.3 is 0 Å². The highest BCUT2D eigenvalue weighted by Crippen LogP contribution is 2.58. The van der Waals surface area contributed by atoms with Gasteiger partial charge in [-0.1, -0.05) is 466 Å². The van der Waals surface area contributed by atoms with Crippen molar-refractivity contribution in [1.29, 1.82) is 0 Å². The second kappa shape index (κ2) is 35.3. The third-order valence-electron chi connectivity index (χ3n) is 30.7. The van der Waals surface area contributed by atoms with Crippen LogP contribution in [0.2, 0.25) is 0 Å². The van der Waals surface area contributed by atoms with Gasteiger partial charge in [0.05, 0.1) is 44.3 Å². The minimum Gasteiger partial charge on any atom is -0.309 e. The maximum atomic E-state index is 5.39. The van der Waals surface area contributed by atoms with Gasteiger partial charge in [-0.2, -0.15) is 0 Å². The summed E-state index contributed by atoms with van der Waals surface area (Å²) < 4.78 is 7.22. The molecule has 0 amide bonds. The Morgan fingerprint density at radius 1 is 0.169 bits per heavy atom. The summed E-state index contributed by atoms with van der Waals surface area (Å²) in [4.78, 5) is 40.9. The Labute approximate surface area is 858 Å². The molecule has 20 aromatic carbocycles. The van der Waals surface area contributed by atoms with Gasteiger partial charge in [0.15, 0.2) is 34.9 Å². The molecule has 148 heavy (non-hydrogen) atoms. The maximum absolute atomic E-state index is 5.39. The molecule has 0 unspecified atom stereocenters. The van der Waals surface area contributed by atoms with E-state index in [1.807, 2.05) is 84.9 Å². The van der Waals surface area contributed by atoms with Gasteiger partial charge in [0.25, 0.3) is 0 Å². The van der Waals surface area contributed by atoms with Crippen molar-refractivity contribution in [2.45, 2.75) is 57.8 Å². The van der Waals surface area contributed by atoms with E-state index in [-0.39, 0.29) is 16.2 Å². The first-order valence-electron chi connectivity index (χ1n) is 50.8. The van der Waals surface area contributed by atoms with Crippen LogP contribution in [0.4, 0.5) is 0 Å². The zero-order chi connectivity index (χ0) is 99.0. The highest BCUT2D eigenvalue weighted by molar-refractivity contribution is 6.17. The molecule has 11 nitrogen and oxygen atoms in total. The monoisotopic (exact) mass is 1900 g/mol. The fourth-order valence-electron chi connectivity index (χ4n) is 23.7. The Hall–Kier alpha value is -18.8. The summed E-state index contributed by atoms with van der Waals surface area (Å²) in [7, 11) is 0. The first kappa shape index (κ1) is 88.1. The van der Waals surface area contributed by atoms with Gasteiger partial charge in [0.2, 0.25) is 5.95 Å². The quantitative estimate of drug-likeness (QED) is 0.112. The molecular weight excluding hydrogens is 1800 g/mol. The smallest absolute Gasteiger partial charge is 0.235 e. The lowest BCUT2D eigenvalue weighted by Crippen LogP contribution is -2.17. The molecule has 3 aliphatic carbocycles. The third kappa shape index (κ3) is 14.7. The van der Waals surface area contributed by atoms with Crippen LogP contribution >= 0.6 is 0 Å². The summed E-state index contributed by atoms with van der Waals surface area (Å²) in [5.74, 6) is 4.55. The van der Waals surface area contributed by atoms with Crippen molar-refractivity contribution in [2.75, 3.05) is 0 Å². The largest absolute Gasteiger partial charge is 0.309 e. The molecule has 6 heterocycles. The van der Waals surface area contributed by atoms with Crippen LogP contribution in [0.25, 0.3) is 240 Å². The van der Waals surface area contributed by atoms with Crippen LogP contribution in [0, 0.1) is 0 Å². The number of hydrogen-bond acceptors (Lipinski definition) is 8. The summed E-state index contributed by atoms with van der Waals surface area (Å²) >= 11 is 0. The molecule has 6 aromatic heterocycles. The molecule has 29 rings (SSSR count). The molecule has 0 atom stereocenters. The SMILES string of the molecule is CC1(C)c2ccccc2-c2ccc3c4cc(-c5ccccc5)ccc4n(-c4cccc(-c5nc(-c6ccccc6)nc(-c6ccccc6)n5)c4)c3c21.CC1(C)c2ccccc2-c2ccc3c4ccccc4n(-c4cccc(-c5nc(-c6ccccc6)nc(-c6ccc(-c7ccccc7)cc6)n5)c4)c3c21.CC1(C)c2ccccc2-c2ccc3c4ccccc4n(-c4nc(-c5ccc(-c6ccccc6)cc5)c5ccccc5n4)c3c21. The number of para-hydroxylation sites is 3. The number of benzene rings is 20. The van der Waals surface area contributed by atoms with Crippen LogP contribution in [0.3, 0.4) is 0 Å². The zero-order valence-corrected chi connectivity index (χ0v) is 82.5. The first-order chi connectivity index (χ1) is 72.7. The molecule has 26 aromatic rings. The van der Waals surface area contributed by atoms with Crippen molar-refractivity contribution in [1.82, 2.24) is 53.6 Å². The topological polar surface area (TPSA) is 118 Å². The molecule has 700 valence electrons. The number of fused-ring (bicyclic) bond motifs is 22. The van der Waals surface area contributed by atoms with Gasteiger partial charge in [0, 0.05) is 104 Å². The van der Waals surface area contributed by atoms with Crippen molar-refractivity contribution in [3.8, 4) is 164 Å². The van der Waals surface area contributed by atoms with Crippen molar-refractivity contribution >= 4 is 76.3 Å². The molecule has 0 N–H and O–H groups in total. The molecule has 0 fully saturated rings. The Balaban J connectivity index is 0.000000110. The van der Waals surface area contributed by atoms with Crippen LogP contribution in [-0.2, 0) is 16.2 Å². The normalized spacial score (nSPS) is 13.1. The van der Waals surface area contributed by atoms with E-state index in [1.165, 1.54) is 149 Å². The molecule has 0 radical (unpaired) electrons. The van der Waals surface area contributed by atoms with Crippen molar-refractivity contribution in [2.24, 2.45) is 0 Å². The Kier molecular flexibility index (Phi) is 21.0. The Bertz CT molecular complexity index is 9720. The van der Waals surface area contributed by atoms with Crippen LogP contribution in [0.15, 0.2) is 479 Å². The summed E-state index contributed by atoms with van der Waals surface area (Å²) in [5.41, 5.74) is 40.4. The number of nitrogens with zero attached hydrogens (tertiary/aromatic N) is 11. The van der Waals surface area contributed by atoms with Crippen LogP contribution in [0.1, 0.15) is 74.9 Å². The van der Waals surface area contributed by atoms with Gasteiger partial charge in [-0.05, 0) is 155 Å². The van der Waals surface area contributed by atoms with Crippen molar-refractivity contribution in [3.63, 3.8) is 0 Å². The van der Waals surface area contributed by atoms with E-state index in [4.69, 9.17) is 39.9 Å². The second-order valence-corrected chi connectivity index (χ2v) is 40.4. The summed E-state index contributed by atoms with van der Waals surface area (Å²) in [6, 6.07) is 170. The Morgan fingerprint density at radius 2 is 0.453 bits per heavy atom. The summed E-state index contributed by atoms with van der Waals surface area (Å²) in [5, 5.41) is 8.46. The average Bonchev–Trinajstić information content (AvgIpc) is 1.54. The zero-order valence-electron chi connectivity index (χ0n) is 82.5. The van der Waals surface area contributed by atoms with E-state index >= 15 is 0 Å². The Morgan fingerprint density at radius 3 is 0.865 bits per heavy atom. The minimum absolute atomic E-state index is 0.168. The fourth-order valence-corrected chi connectivity index (χ4v) is 23.7.